The third-order valence-corrected chi connectivity index (χ3v) is 1.99. The third-order valence-electron chi connectivity index (χ3n) is 1.99. The van der Waals surface area contributed by atoms with E-state index < -0.39 is 35.3 Å². The van der Waals surface area contributed by atoms with Crippen molar-refractivity contribution in [1.82, 2.24) is 0 Å². The molecule has 1 aromatic rings. The molecule has 7 heteroatoms. The highest BCUT2D eigenvalue weighted by Gasteiger charge is 2.30. The van der Waals surface area contributed by atoms with Crippen molar-refractivity contribution in [3.8, 4) is 0 Å². The molecule has 88 valence electrons. The van der Waals surface area contributed by atoms with Gasteiger partial charge in [-0.3, -0.25) is 10.1 Å². The Balaban J connectivity index is 3.10. The molecule has 16 heavy (non-hydrogen) atoms. The lowest BCUT2D eigenvalue weighted by molar-refractivity contribution is -0.385. The summed E-state index contributed by atoms with van der Waals surface area (Å²) in [5, 5.41) is 10.5. The van der Waals surface area contributed by atoms with Crippen LogP contribution in [-0.4, -0.2) is 17.4 Å². The Hall–Kier alpha value is -1.63. The van der Waals surface area contributed by atoms with Crippen molar-refractivity contribution >= 4 is 5.69 Å². The predicted molar refractivity (Wildman–Crippen MR) is 50.8 cm³/mol. The molecular formula is C9H9F3N2O2. The normalized spacial score (nSPS) is 11.5. The van der Waals surface area contributed by atoms with Gasteiger partial charge in [0.05, 0.1) is 11.5 Å². The van der Waals surface area contributed by atoms with Gasteiger partial charge in [-0.2, -0.15) is 0 Å². The van der Waals surface area contributed by atoms with E-state index in [1.54, 1.807) is 0 Å². The molecule has 1 aromatic carbocycles. The van der Waals surface area contributed by atoms with E-state index in [4.69, 9.17) is 5.73 Å². The van der Waals surface area contributed by atoms with Gasteiger partial charge in [-0.15, -0.1) is 0 Å². The number of nitrogens with two attached hydrogens (primary N) is 1. The van der Waals surface area contributed by atoms with Crippen LogP contribution in [-0.2, 0) is 6.42 Å². The van der Waals surface area contributed by atoms with Gasteiger partial charge in [0.2, 0.25) is 0 Å². The number of nitro benzene ring substituents is 1. The fraction of sp³-hybridized carbons (Fsp3) is 0.333. The van der Waals surface area contributed by atoms with Crippen LogP contribution in [0.5, 0.6) is 0 Å². The molecule has 0 radical (unpaired) electrons. The van der Waals surface area contributed by atoms with Crippen LogP contribution in [0.3, 0.4) is 0 Å². The first-order valence-electron chi connectivity index (χ1n) is 4.36. The molecule has 0 aliphatic rings. The second-order valence-electron chi connectivity index (χ2n) is 3.27. The summed E-state index contributed by atoms with van der Waals surface area (Å²) < 4.78 is 38.7. The second kappa shape index (κ2) is 4.48. The minimum atomic E-state index is -3.28. The summed E-state index contributed by atoms with van der Waals surface area (Å²) in [6.07, 6.45) is -0.947. The molecule has 0 unspecified atom stereocenters. The molecule has 0 amide bonds. The second-order valence-corrected chi connectivity index (χ2v) is 3.27. The van der Waals surface area contributed by atoms with Gasteiger partial charge < -0.3 is 5.73 Å². The highest BCUT2D eigenvalue weighted by molar-refractivity contribution is 5.41. The van der Waals surface area contributed by atoms with Crippen LogP contribution in [0.15, 0.2) is 18.2 Å². The van der Waals surface area contributed by atoms with Crippen LogP contribution in [0.25, 0.3) is 0 Å². The Morgan fingerprint density at radius 1 is 1.44 bits per heavy atom. The van der Waals surface area contributed by atoms with E-state index in [1.807, 2.05) is 0 Å². The monoisotopic (exact) mass is 234 g/mol. The fourth-order valence-corrected chi connectivity index (χ4v) is 1.22. The summed E-state index contributed by atoms with van der Waals surface area (Å²) in [6, 6.07) is 2.43. The van der Waals surface area contributed by atoms with Crippen molar-refractivity contribution in [3.63, 3.8) is 0 Å². The molecule has 4 nitrogen and oxygen atoms in total. The number of benzene rings is 1. The standard InChI is InChI=1S/C9H9F3N2O2/c10-7-1-2-8(14(15)16)6(3-7)4-9(11,12)5-13/h1-3H,4-5,13H2. The van der Waals surface area contributed by atoms with Crippen molar-refractivity contribution in [2.45, 2.75) is 12.3 Å². The van der Waals surface area contributed by atoms with E-state index >= 15 is 0 Å². The van der Waals surface area contributed by atoms with E-state index in [0.29, 0.717) is 0 Å². The Kier molecular flexibility index (Phi) is 3.48. The number of halogens is 3. The number of nitro groups is 1. The molecule has 0 bridgehead atoms. The Bertz CT molecular complexity index is 410. The molecule has 0 aromatic heterocycles. The molecule has 0 heterocycles. The smallest absolute Gasteiger partial charge is 0.273 e. The summed E-state index contributed by atoms with van der Waals surface area (Å²) in [6.45, 7) is -0.944. The molecule has 0 aliphatic carbocycles. The Morgan fingerprint density at radius 3 is 2.56 bits per heavy atom. The zero-order chi connectivity index (χ0) is 12.3. The topological polar surface area (TPSA) is 69.2 Å². The van der Waals surface area contributed by atoms with Crippen molar-refractivity contribution in [2.75, 3.05) is 6.54 Å². The summed E-state index contributed by atoms with van der Waals surface area (Å²) in [5.41, 5.74) is 3.91. The van der Waals surface area contributed by atoms with Crippen LogP contribution < -0.4 is 5.73 Å². The lowest BCUT2D eigenvalue weighted by atomic mass is 10.1. The van der Waals surface area contributed by atoms with E-state index in [1.165, 1.54) is 0 Å². The number of hydrogen-bond acceptors (Lipinski definition) is 3. The average Bonchev–Trinajstić information content (AvgIpc) is 2.16. The highest BCUT2D eigenvalue weighted by atomic mass is 19.3. The predicted octanol–water partition coefficient (Wildman–Crippen LogP) is 1.87. The summed E-state index contributed by atoms with van der Waals surface area (Å²) in [4.78, 5) is 9.68. The van der Waals surface area contributed by atoms with Gasteiger partial charge >= 0.3 is 0 Å². The van der Waals surface area contributed by atoms with Gasteiger partial charge in [-0.1, -0.05) is 0 Å². The molecular weight excluding hydrogens is 225 g/mol. The number of hydrogen-bond donors (Lipinski definition) is 1. The molecule has 0 saturated carbocycles. The zero-order valence-electron chi connectivity index (χ0n) is 8.12. The third kappa shape index (κ3) is 2.93. The van der Waals surface area contributed by atoms with Crippen molar-refractivity contribution in [1.29, 1.82) is 0 Å². The SMILES string of the molecule is NCC(F)(F)Cc1cc(F)ccc1[N+](=O)[O-]. The minimum Gasteiger partial charge on any atom is -0.325 e. The van der Waals surface area contributed by atoms with Crippen LogP contribution in [0.1, 0.15) is 5.56 Å². The molecule has 1 rings (SSSR count). The van der Waals surface area contributed by atoms with Gasteiger partial charge in [-0.25, -0.2) is 13.2 Å². The van der Waals surface area contributed by atoms with Crippen LogP contribution in [0, 0.1) is 15.9 Å². The fourth-order valence-electron chi connectivity index (χ4n) is 1.22. The maximum absolute atomic E-state index is 12.9. The lowest BCUT2D eigenvalue weighted by Gasteiger charge is -2.13. The molecule has 0 fully saturated rings. The maximum Gasteiger partial charge on any atom is 0.273 e. The van der Waals surface area contributed by atoms with Crippen molar-refractivity contribution in [3.05, 3.63) is 39.7 Å². The van der Waals surface area contributed by atoms with Gasteiger partial charge in [0.25, 0.3) is 11.6 Å². The number of rotatable bonds is 4. The first-order valence-corrected chi connectivity index (χ1v) is 4.36. The van der Waals surface area contributed by atoms with E-state index in [-0.39, 0.29) is 5.56 Å². The summed E-state index contributed by atoms with van der Waals surface area (Å²) in [5.74, 6) is -4.08. The van der Waals surface area contributed by atoms with Gasteiger partial charge in [0, 0.05) is 18.1 Å². The van der Waals surface area contributed by atoms with Crippen LogP contribution >= 0.6 is 0 Å². The lowest BCUT2D eigenvalue weighted by Crippen LogP contribution is -2.30. The van der Waals surface area contributed by atoms with Crippen LogP contribution in [0.4, 0.5) is 18.9 Å². The first kappa shape index (κ1) is 12.4. The highest BCUT2D eigenvalue weighted by Crippen LogP contribution is 2.26. The van der Waals surface area contributed by atoms with Gasteiger partial charge in [0.15, 0.2) is 0 Å². The molecule has 0 aliphatic heterocycles. The molecule has 0 spiro atoms. The van der Waals surface area contributed by atoms with E-state index in [0.717, 1.165) is 18.2 Å². The van der Waals surface area contributed by atoms with Crippen LogP contribution in [0.2, 0.25) is 0 Å². The van der Waals surface area contributed by atoms with Crippen molar-refractivity contribution in [2.24, 2.45) is 5.73 Å². The summed E-state index contributed by atoms with van der Waals surface area (Å²) in [7, 11) is 0. The zero-order valence-corrected chi connectivity index (χ0v) is 8.12. The Labute approximate surface area is 89.0 Å². The number of alkyl halides is 2. The molecule has 2 N–H and O–H groups in total. The minimum absolute atomic E-state index is 0.361. The van der Waals surface area contributed by atoms with Crippen molar-refractivity contribution < 1.29 is 18.1 Å². The Morgan fingerprint density at radius 2 is 2.06 bits per heavy atom. The van der Waals surface area contributed by atoms with Gasteiger partial charge in [-0.05, 0) is 12.1 Å². The maximum atomic E-state index is 12.9. The largest absolute Gasteiger partial charge is 0.325 e. The molecule has 0 saturated heterocycles. The van der Waals surface area contributed by atoms with Gasteiger partial charge in [0.1, 0.15) is 5.82 Å². The number of nitrogens with zero attached hydrogens (tertiary/aromatic N) is 1. The average molecular weight is 234 g/mol. The van der Waals surface area contributed by atoms with E-state index in [2.05, 4.69) is 0 Å². The van der Waals surface area contributed by atoms with E-state index in [9.17, 15) is 23.3 Å². The quantitative estimate of drug-likeness (QED) is 0.638. The summed E-state index contributed by atoms with van der Waals surface area (Å²) >= 11 is 0. The first-order chi connectivity index (χ1) is 7.35. The molecule has 0 atom stereocenters.